The van der Waals surface area contributed by atoms with Crippen LogP contribution in [0, 0.1) is 17.1 Å². The fourth-order valence-corrected chi connectivity index (χ4v) is 0.970. The van der Waals surface area contributed by atoms with Gasteiger partial charge in [-0.3, -0.25) is 4.79 Å². The zero-order valence-corrected chi connectivity index (χ0v) is 7.46. The van der Waals surface area contributed by atoms with Gasteiger partial charge in [-0.1, -0.05) is 18.2 Å². The zero-order valence-electron chi connectivity index (χ0n) is 7.46. The van der Waals surface area contributed by atoms with Gasteiger partial charge >= 0.3 is 0 Å². The summed E-state index contributed by atoms with van der Waals surface area (Å²) in [5, 5.41) is 10.6. The lowest BCUT2D eigenvalue weighted by atomic mass is 10.2. The van der Waals surface area contributed by atoms with Crippen molar-refractivity contribution in [3.8, 4) is 6.07 Å². The number of halogens is 1. The van der Waals surface area contributed by atoms with Crippen molar-refractivity contribution in [1.82, 2.24) is 5.32 Å². The summed E-state index contributed by atoms with van der Waals surface area (Å²) >= 11 is 0. The summed E-state index contributed by atoms with van der Waals surface area (Å²) in [7, 11) is 0. The highest BCUT2D eigenvalue weighted by atomic mass is 19.1. The van der Waals surface area contributed by atoms with Crippen LogP contribution in [0.2, 0.25) is 0 Å². The Labute approximate surface area is 81.2 Å². The molecule has 0 aromatic heterocycles. The number of rotatable bonds is 3. The molecule has 0 saturated heterocycles. The molecule has 14 heavy (non-hydrogen) atoms. The number of carbonyl (C=O) groups excluding carboxylic acids is 1. The van der Waals surface area contributed by atoms with Gasteiger partial charge in [0.1, 0.15) is 12.2 Å². The van der Waals surface area contributed by atoms with Crippen LogP contribution >= 0.6 is 0 Å². The summed E-state index contributed by atoms with van der Waals surface area (Å²) in [4.78, 5) is 10.9. The van der Waals surface area contributed by atoms with Crippen molar-refractivity contribution in [2.24, 2.45) is 0 Å². The van der Waals surface area contributed by atoms with Crippen molar-refractivity contribution in [1.29, 1.82) is 5.26 Å². The first kappa shape index (κ1) is 10.2. The quantitative estimate of drug-likeness (QED) is 0.786. The van der Waals surface area contributed by atoms with Crippen molar-refractivity contribution in [2.45, 2.75) is 13.0 Å². The predicted octanol–water partition coefficient (Wildman–Crippen LogP) is 1.36. The third kappa shape index (κ3) is 2.87. The van der Waals surface area contributed by atoms with E-state index in [1.807, 2.05) is 0 Å². The van der Waals surface area contributed by atoms with Gasteiger partial charge < -0.3 is 5.32 Å². The Morgan fingerprint density at radius 2 is 2.21 bits per heavy atom. The van der Waals surface area contributed by atoms with Crippen LogP contribution in [0.5, 0.6) is 0 Å². The molecule has 0 bridgehead atoms. The lowest BCUT2D eigenvalue weighted by Crippen LogP contribution is -2.22. The molecular formula is C10H9FN2O. The molecule has 3 nitrogen and oxygen atoms in total. The highest BCUT2D eigenvalue weighted by Crippen LogP contribution is 2.05. The molecule has 1 rings (SSSR count). The second kappa shape index (κ2) is 4.97. The maximum atomic E-state index is 13.0. The molecule has 72 valence electrons. The van der Waals surface area contributed by atoms with E-state index in [0.29, 0.717) is 5.56 Å². The Morgan fingerprint density at radius 1 is 1.50 bits per heavy atom. The van der Waals surface area contributed by atoms with Gasteiger partial charge in [0, 0.05) is 12.1 Å². The monoisotopic (exact) mass is 192 g/mol. The molecule has 0 radical (unpaired) electrons. The normalized spacial score (nSPS) is 9.14. The Kier molecular flexibility index (Phi) is 3.62. The molecule has 0 heterocycles. The minimum absolute atomic E-state index is 0.118. The molecule has 1 N–H and O–H groups in total. The number of nitriles is 1. The number of amides is 1. The minimum atomic E-state index is -0.393. The standard InChI is InChI=1S/C10H9FN2O/c11-9-4-2-1-3-8(9)7-13-10(14)5-6-12/h1-4H,5,7H2,(H,13,14). The van der Waals surface area contributed by atoms with Crippen LogP contribution in [0.1, 0.15) is 12.0 Å². The predicted molar refractivity (Wildman–Crippen MR) is 48.5 cm³/mol. The van der Waals surface area contributed by atoms with Gasteiger partial charge in [-0.2, -0.15) is 5.26 Å². The number of hydrogen-bond acceptors (Lipinski definition) is 2. The van der Waals surface area contributed by atoms with Crippen LogP contribution in [-0.2, 0) is 11.3 Å². The van der Waals surface area contributed by atoms with Gasteiger partial charge in [-0.05, 0) is 6.07 Å². The number of nitrogens with zero attached hydrogens (tertiary/aromatic N) is 1. The summed E-state index contributed by atoms with van der Waals surface area (Å²) in [6, 6.07) is 7.89. The molecular weight excluding hydrogens is 183 g/mol. The van der Waals surface area contributed by atoms with E-state index in [-0.39, 0.29) is 18.8 Å². The largest absolute Gasteiger partial charge is 0.351 e. The summed E-state index contributed by atoms with van der Waals surface area (Å²) < 4.78 is 13.0. The third-order valence-electron chi connectivity index (χ3n) is 1.67. The smallest absolute Gasteiger partial charge is 0.234 e. The number of nitrogens with one attached hydrogen (secondary N) is 1. The van der Waals surface area contributed by atoms with E-state index in [2.05, 4.69) is 5.32 Å². The number of carbonyl (C=O) groups is 1. The van der Waals surface area contributed by atoms with Crippen LogP contribution in [-0.4, -0.2) is 5.91 Å². The van der Waals surface area contributed by atoms with Gasteiger partial charge in [0.15, 0.2) is 0 Å². The summed E-state index contributed by atoms with van der Waals surface area (Å²) in [5.74, 6) is -0.750. The number of benzene rings is 1. The molecule has 0 fully saturated rings. The van der Waals surface area contributed by atoms with Gasteiger partial charge in [0.2, 0.25) is 5.91 Å². The van der Waals surface area contributed by atoms with Crippen LogP contribution < -0.4 is 5.32 Å². The second-order valence-corrected chi connectivity index (χ2v) is 2.70. The molecule has 0 aliphatic rings. The fraction of sp³-hybridized carbons (Fsp3) is 0.200. The second-order valence-electron chi connectivity index (χ2n) is 2.70. The van der Waals surface area contributed by atoms with Crippen LogP contribution in [0.3, 0.4) is 0 Å². The summed E-state index contributed by atoms with van der Waals surface area (Å²) in [6.07, 6.45) is -0.200. The average Bonchev–Trinajstić information content (AvgIpc) is 2.17. The minimum Gasteiger partial charge on any atom is -0.351 e. The Hall–Kier alpha value is -1.89. The van der Waals surface area contributed by atoms with Crippen molar-refractivity contribution in [2.75, 3.05) is 0 Å². The average molecular weight is 192 g/mol. The van der Waals surface area contributed by atoms with Crippen molar-refractivity contribution in [3.05, 3.63) is 35.6 Å². The molecule has 0 spiro atoms. The molecule has 0 unspecified atom stereocenters. The van der Waals surface area contributed by atoms with Gasteiger partial charge in [-0.15, -0.1) is 0 Å². The first-order valence-electron chi connectivity index (χ1n) is 4.11. The number of hydrogen-bond donors (Lipinski definition) is 1. The van der Waals surface area contributed by atoms with E-state index >= 15 is 0 Å². The SMILES string of the molecule is N#CCC(=O)NCc1ccccc1F. The van der Waals surface area contributed by atoms with Gasteiger partial charge in [-0.25, -0.2) is 4.39 Å². The van der Waals surface area contributed by atoms with Gasteiger partial charge in [0.25, 0.3) is 0 Å². The first-order chi connectivity index (χ1) is 6.74. The highest BCUT2D eigenvalue weighted by Gasteiger charge is 2.02. The van der Waals surface area contributed by atoms with Crippen LogP contribution in [0.4, 0.5) is 4.39 Å². The van der Waals surface area contributed by atoms with E-state index in [4.69, 9.17) is 5.26 Å². The van der Waals surface area contributed by atoms with Gasteiger partial charge in [0.05, 0.1) is 6.07 Å². The molecule has 1 aromatic rings. The van der Waals surface area contributed by atoms with Crippen LogP contribution in [0.25, 0.3) is 0 Å². The summed E-state index contributed by atoms with van der Waals surface area (Å²) in [5.41, 5.74) is 0.416. The van der Waals surface area contributed by atoms with Crippen LogP contribution in [0.15, 0.2) is 24.3 Å². The molecule has 0 saturated carbocycles. The van der Waals surface area contributed by atoms with Crippen molar-refractivity contribution >= 4 is 5.91 Å². The Bertz CT molecular complexity index is 371. The zero-order chi connectivity index (χ0) is 10.4. The van der Waals surface area contributed by atoms with E-state index in [0.717, 1.165) is 0 Å². The first-order valence-corrected chi connectivity index (χ1v) is 4.11. The topological polar surface area (TPSA) is 52.9 Å². The molecule has 1 amide bonds. The maximum Gasteiger partial charge on any atom is 0.234 e. The molecule has 4 heteroatoms. The van der Waals surface area contributed by atoms with Crippen molar-refractivity contribution in [3.63, 3.8) is 0 Å². The molecule has 0 aliphatic heterocycles. The van der Waals surface area contributed by atoms with E-state index in [1.165, 1.54) is 6.07 Å². The Morgan fingerprint density at radius 3 is 2.86 bits per heavy atom. The lowest BCUT2D eigenvalue weighted by molar-refractivity contribution is -0.120. The maximum absolute atomic E-state index is 13.0. The highest BCUT2D eigenvalue weighted by molar-refractivity contribution is 5.77. The summed E-state index contributed by atoms with van der Waals surface area (Å²) in [6.45, 7) is 0.118. The fourth-order valence-electron chi connectivity index (χ4n) is 0.970. The van der Waals surface area contributed by atoms with E-state index < -0.39 is 5.91 Å². The van der Waals surface area contributed by atoms with E-state index in [1.54, 1.807) is 24.3 Å². The van der Waals surface area contributed by atoms with E-state index in [9.17, 15) is 9.18 Å². The molecule has 0 aliphatic carbocycles. The molecule has 0 atom stereocenters. The lowest BCUT2D eigenvalue weighted by Gasteiger charge is -2.03. The molecule has 1 aromatic carbocycles. The third-order valence-corrected chi connectivity index (χ3v) is 1.67. The Balaban J connectivity index is 2.51. The van der Waals surface area contributed by atoms with Crippen molar-refractivity contribution < 1.29 is 9.18 Å².